The van der Waals surface area contributed by atoms with Crippen LogP contribution in [0.15, 0.2) is 18.2 Å². The van der Waals surface area contributed by atoms with Gasteiger partial charge in [0.2, 0.25) is 0 Å². The highest BCUT2D eigenvalue weighted by atomic mass is 35.5. The van der Waals surface area contributed by atoms with Crippen LogP contribution in [0.2, 0.25) is 0 Å². The number of nitrogens with zero attached hydrogens (tertiary/aromatic N) is 1. The van der Waals surface area contributed by atoms with Gasteiger partial charge in [0.15, 0.2) is 11.5 Å². The highest BCUT2D eigenvalue weighted by Gasteiger charge is 2.32. The number of rotatable bonds is 8. The van der Waals surface area contributed by atoms with Crippen LogP contribution in [0.25, 0.3) is 0 Å². The summed E-state index contributed by atoms with van der Waals surface area (Å²) < 4.78 is 11.5. The van der Waals surface area contributed by atoms with E-state index in [2.05, 4.69) is 30.9 Å². The monoisotopic (exact) mass is 342 g/mol. The number of hydrogen-bond donors (Lipinski definition) is 1. The molecular weight excluding hydrogens is 312 g/mol. The zero-order valence-corrected chi connectivity index (χ0v) is 15.5. The standard InChI is InChI=1S/C18H30N2O2.ClH/c1-4-10-22-16-7-6-15(11-17(16)21-5-2)12-20-9-8-18(3,13-19)14-20;/h6-7,11H,4-5,8-10,12-14,19H2,1-3H3;1H. The van der Waals surface area contributed by atoms with Crippen LogP contribution in [0.3, 0.4) is 0 Å². The minimum Gasteiger partial charge on any atom is -0.490 e. The summed E-state index contributed by atoms with van der Waals surface area (Å²) in [6.07, 6.45) is 2.18. The van der Waals surface area contributed by atoms with Crippen molar-refractivity contribution in [2.75, 3.05) is 32.8 Å². The van der Waals surface area contributed by atoms with Gasteiger partial charge in [0, 0.05) is 13.1 Å². The quantitative estimate of drug-likeness (QED) is 0.785. The number of hydrogen-bond acceptors (Lipinski definition) is 4. The molecule has 0 aromatic heterocycles. The predicted octanol–water partition coefficient (Wildman–Crippen LogP) is 3.47. The first-order valence-corrected chi connectivity index (χ1v) is 8.41. The molecule has 1 unspecified atom stereocenters. The number of likely N-dealkylation sites (tertiary alicyclic amines) is 1. The number of halogens is 1. The highest BCUT2D eigenvalue weighted by Crippen LogP contribution is 2.32. The van der Waals surface area contributed by atoms with Crippen molar-refractivity contribution in [2.24, 2.45) is 11.1 Å². The summed E-state index contributed by atoms with van der Waals surface area (Å²) in [6.45, 7) is 11.7. The smallest absolute Gasteiger partial charge is 0.161 e. The van der Waals surface area contributed by atoms with E-state index in [-0.39, 0.29) is 17.8 Å². The topological polar surface area (TPSA) is 47.7 Å². The van der Waals surface area contributed by atoms with Gasteiger partial charge in [0.1, 0.15) is 0 Å². The van der Waals surface area contributed by atoms with Gasteiger partial charge >= 0.3 is 0 Å². The summed E-state index contributed by atoms with van der Waals surface area (Å²) in [5, 5.41) is 0. The second-order valence-corrected chi connectivity index (χ2v) is 6.54. The summed E-state index contributed by atoms with van der Waals surface area (Å²) in [5.74, 6) is 1.70. The lowest BCUT2D eigenvalue weighted by Gasteiger charge is -2.23. The summed E-state index contributed by atoms with van der Waals surface area (Å²) in [4.78, 5) is 2.48. The van der Waals surface area contributed by atoms with Gasteiger partial charge < -0.3 is 15.2 Å². The first-order valence-electron chi connectivity index (χ1n) is 8.41. The van der Waals surface area contributed by atoms with Crippen molar-refractivity contribution in [1.29, 1.82) is 0 Å². The summed E-state index contributed by atoms with van der Waals surface area (Å²) in [5.41, 5.74) is 7.43. The Labute approximate surface area is 146 Å². The Morgan fingerprint density at radius 2 is 2.00 bits per heavy atom. The Hall–Kier alpha value is -0.970. The van der Waals surface area contributed by atoms with Gasteiger partial charge in [-0.3, -0.25) is 4.90 Å². The maximum atomic E-state index is 5.89. The largest absolute Gasteiger partial charge is 0.490 e. The molecule has 2 N–H and O–H groups in total. The number of benzene rings is 1. The normalized spacial score (nSPS) is 21.0. The Kier molecular flexibility index (Phi) is 8.17. The number of ether oxygens (including phenoxy) is 2. The molecule has 1 fully saturated rings. The van der Waals surface area contributed by atoms with Gasteiger partial charge in [-0.25, -0.2) is 0 Å². The molecule has 1 aliphatic heterocycles. The van der Waals surface area contributed by atoms with Crippen molar-refractivity contribution in [3.05, 3.63) is 23.8 Å². The maximum absolute atomic E-state index is 5.89. The van der Waals surface area contributed by atoms with Crippen molar-refractivity contribution in [1.82, 2.24) is 4.90 Å². The molecule has 0 aliphatic carbocycles. The fourth-order valence-corrected chi connectivity index (χ4v) is 2.94. The van der Waals surface area contributed by atoms with Crippen molar-refractivity contribution in [2.45, 2.75) is 40.2 Å². The molecule has 2 rings (SSSR count). The fourth-order valence-electron chi connectivity index (χ4n) is 2.94. The molecule has 1 atom stereocenters. The average Bonchev–Trinajstić information content (AvgIpc) is 2.89. The summed E-state index contributed by atoms with van der Waals surface area (Å²) >= 11 is 0. The fraction of sp³-hybridized carbons (Fsp3) is 0.667. The van der Waals surface area contributed by atoms with Crippen LogP contribution in [0, 0.1) is 5.41 Å². The molecule has 23 heavy (non-hydrogen) atoms. The van der Waals surface area contributed by atoms with Crippen molar-refractivity contribution in [3.8, 4) is 11.5 Å². The summed E-state index contributed by atoms with van der Waals surface area (Å²) in [6, 6.07) is 6.30. The molecule has 1 saturated heterocycles. The van der Waals surface area contributed by atoms with Gasteiger partial charge in [-0.15, -0.1) is 12.4 Å². The molecule has 0 bridgehead atoms. The Balaban J connectivity index is 0.00000264. The minimum absolute atomic E-state index is 0. The second-order valence-electron chi connectivity index (χ2n) is 6.54. The van der Waals surface area contributed by atoms with E-state index in [1.165, 1.54) is 12.0 Å². The van der Waals surface area contributed by atoms with Crippen molar-refractivity contribution >= 4 is 12.4 Å². The van der Waals surface area contributed by atoms with E-state index in [1.54, 1.807) is 0 Å². The summed E-state index contributed by atoms with van der Waals surface area (Å²) in [7, 11) is 0. The molecule has 5 heteroatoms. The third kappa shape index (κ3) is 5.55. The first kappa shape index (κ1) is 20.1. The van der Waals surface area contributed by atoms with E-state index < -0.39 is 0 Å². The molecule has 0 radical (unpaired) electrons. The van der Waals surface area contributed by atoms with E-state index in [0.29, 0.717) is 6.61 Å². The number of nitrogens with two attached hydrogens (primary N) is 1. The van der Waals surface area contributed by atoms with Gasteiger partial charge in [-0.2, -0.15) is 0 Å². The SMILES string of the molecule is CCCOc1ccc(CN2CCC(C)(CN)C2)cc1OCC.Cl. The van der Waals surface area contributed by atoms with Crippen molar-refractivity contribution in [3.63, 3.8) is 0 Å². The molecule has 0 spiro atoms. The van der Waals surface area contributed by atoms with Crippen LogP contribution in [-0.4, -0.2) is 37.7 Å². The lowest BCUT2D eigenvalue weighted by atomic mass is 9.90. The van der Waals surface area contributed by atoms with Gasteiger partial charge in [0.05, 0.1) is 13.2 Å². The third-order valence-electron chi connectivity index (χ3n) is 4.31. The average molecular weight is 343 g/mol. The molecular formula is C18H31ClN2O2. The van der Waals surface area contributed by atoms with Crippen LogP contribution in [0.1, 0.15) is 39.2 Å². The highest BCUT2D eigenvalue weighted by molar-refractivity contribution is 5.85. The van der Waals surface area contributed by atoms with Crippen LogP contribution in [-0.2, 0) is 6.54 Å². The zero-order chi connectivity index (χ0) is 16.0. The van der Waals surface area contributed by atoms with Gasteiger partial charge in [0.25, 0.3) is 0 Å². The lowest BCUT2D eigenvalue weighted by Crippen LogP contribution is -2.31. The molecule has 4 nitrogen and oxygen atoms in total. The van der Waals surface area contributed by atoms with Crippen LogP contribution in [0.4, 0.5) is 0 Å². The first-order chi connectivity index (χ1) is 10.6. The molecule has 1 aliphatic rings. The molecule has 132 valence electrons. The van der Waals surface area contributed by atoms with E-state index in [0.717, 1.165) is 50.7 Å². The third-order valence-corrected chi connectivity index (χ3v) is 4.31. The van der Waals surface area contributed by atoms with Crippen LogP contribution >= 0.6 is 12.4 Å². The Morgan fingerprint density at radius 1 is 1.22 bits per heavy atom. The van der Waals surface area contributed by atoms with Gasteiger partial charge in [-0.05, 0) is 56.0 Å². The van der Waals surface area contributed by atoms with E-state index in [9.17, 15) is 0 Å². The lowest BCUT2D eigenvalue weighted by molar-refractivity contribution is 0.268. The van der Waals surface area contributed by atoms with Crippen LogP contribution in [0.5, 0.6) is 11.5 Å². The van der Waals surface area contributed by atoms with E-state index in [1.807, 2.05) is 13.0 Å². The minimum atomic E-state index is 0. The zero-order valence-electron chi connectivity index (χ0n) is 14.6. The van der Waals surface area contributed by atoms with Crippen LogP contribution < -0.4 is 15.2 Å². The maximum Gasteiger partial charge on any atom is 0.161 e. The molecule has 1 aromatic rings. The predicted molar refractivity (Wildman–Crippen MR) is 97.7 cm³/mol. The molecule has 1 heterocycles. The molecule has 0 saturated carbocycles. The second kappa shape index (κ2) is 9.36. The van der Waals surface area contributed by atoms with Crippen molar-refractivity contribution < 1.29 is 9.47 Å². The molecule has 0 amide bonds. The Bertz CT molecular complexity index is 484. The van der Waals surface area contributed by atoms with E-state index in [4.69, 9.17) is 15.2 Å². The Morgan fingerprint density at radius 3 is 2.61 bits per heavy atom. The van der Waals surface area contributed by atoms with Gasteiger partial charge in [-0.1, -0.05) is 19.9 Å². The molecule has 1 aromatic carbocycles. The van der Waals surface area contributed by atoms with E-state index >= 15 is 0 Å².